The van der Waals surface area contributed by atoms with Gasteiger partial charge < -0.3 is 4.90 Å². The predicted octanol–water partition coefficient (Wildman–Crippen LogP) is 2.52. The highest BCUT2D eigenvalue weighted by Gasteiger charge is 2.26. The molecule has 0 radical (unpaired) electrons. The summed E-state index contributed by atoms with van der Waals surface area (Å²) in [5.74, 6) is 0.435. The van der Waals surface area contributed by atoms with E-state index in [0.29, 0.717) is 12.0 Å². The second kappa shape index (κ2) is 6.26. The Labute approximate surface area is 125 Å². The van der Waals surface area contributed by atoms with Gasteiger partial charge in [0.25, 0.3) is 0 Å². The summed E-state index contributed by atoms with van der Waals surface area (Å²) in [6.45, 7) is 6.74. The van der Waals surface area contributed by atoms with E-state index in [1.807, 2.05) is 12.4 Å². The maximum absolute atomic E-state index is 4.63. The summed E-state index contributed by atoms with van der Waals surface area (Å²) in [4.78, 5) is 19.9. The third-order valence-electron chi connectivity index (χ3n) is 4.13. The molecule has 0 saturated carbocycles. The van der Waals surface area contributed by atoms with E-state index in [-0.39, 0.29) is 0 Å². The van der Waals surface area contributed by atoms with Crippen molar-refractivity contribution in [2.24, 2.45) is 0 Å². The molecule has 21 heavy (non-hydrogen) atoms. The summed E-state index contributed by atoms with van der Waals surface area (Å²) < 4.78 is 0. The van der Waals surface area contributed by atoms with Crippen LogP contribution >= 0.6 is 0 Å². The van der Waals surface area contributed by atoms with Crippen LogP contribution < -0.4 is 0 Å². The topological polar surface area (TPSA) is 54.8 Å². The van der Waals surface area contributed by atoms with Gasteiger partial charge in [-0.25, -0.2) is 9.97 Å². The molecule has 110 valence electrons. The number of piperidine rings is 1. The molecule has 1 fully saturated rings. The molecule has 1 unspecified atom stereocenters. The van der Waals surface area contributed by atoms with Crippen molar-refractivity contribution in [3.8, 4) is 11.3 Å². The van der Waals surface area contributed by atoms with Crippen molar-refractivity contribution in [3.05, 3.63) is 36.8 Å². The monoisotopic (exact) mass is 283 g/mol. The molecule has 0 bridgehead atoms. The second-order valence-corrected chi connectivity index (χ2v) is 5.85. The van der Waals surface area contributed by atoms with Gasteiger partial charge in [-0.1, -0.05) is 0 Å². The third-order valence-corrected chi connectivity index (χ3v) is 4.13. The lowest BCUT2D eigenvalue weighted by Crippen LogP contribution is -2.39. The smallest absolute Gasteiger partial charge is 0.115 e. The average Bonchev–Trinajstić information content (AvgIpc) is 2.56. The number of nitrogens with zero attached hydrogens (tertiary/aromatic N) is 5. The van der Waals surface area contributed by atoms with Gasteiger partial charge in [0, 0.05) is 48.9 Å². The van der Waals surface area contributed by atoms with Crippen LogP contribution in [0.1, 0.15) is 38.3 Å². The van der Waals surface area contributed by atoms with E-state index in [9.17, 15) is 0 Å². The maximum Gasteiger partial charge on any atom is 0.115 e. The largest absolute Gasteiger partial charge is 0.300 e. The summed E-state index contributed by atoms with van der Waals surface area (Å²) in [6.07, 6.45) is 11.1. The number of rotatable bonds is 3. The molecule has 2 aromatic rings. The Morgan fingerprint density at radius 2 is 1.90 bits per heavy atom. The average molecular weight is 283 g/mol. The molecular formula is C16H21N5. The molecular weight excluding hydrogens is 262 g/mol. The van der Waals surface area contributed by atoms with E-state index in [2.05, 4.69) is 38.7 Å². The van der Waals surface area contributed by atoms with Crippen molar-refractivity contribution in [3.63, 3.8) is 0 Å². The molecule has 1 aliphatic heterocycles. The maximum atomic E-state index is 4.63. The quantitative estimate of drug-likeness (QED) is 0.866. The van der Waals surface area contributed by atoms with Gasteiger partial charge in [-0.3, -0.25) is 9.97 Å². The van der Waals surface area contributed by atoms with Crippen molar-refractivity contribution in [1.82, 2.24) is 24.8 Å². The number of hydrogen-bond donors (Lipinski definition) is 0. The van der Waals surface area contributed by atoms with Crippen LogP contribution in [0.4, 0.5) is 0 Å². The van der Waals surface area contributed by atoms with E-state index in [1.54, 1.807) is 18.7 Å². The molecule has 0 spiro atoms. The number of aromatic nitrogens is 4. The first-order valence-corrected chi connectivity index (χ1v) is 7.56. The summed E-state index contributed by atoms with van der Waals surface area (Å²) in [7, 11) is 0. The zero-order chi connectivity index (χ0) is 14.7. The molecule has 1 saturated heterocycles. The zero-order valence-electron chi connectivity index (χ0n) is 12.6. The van der Waals surface area contributed by atoms with Gasteiger partial charge in [-0.2, -0.15) is 0 Å². The van der Waals surface area contributed by atoms with Crippen molar-refractivity contribution in [2.45, 2.75) is 38.6 Å². The Kier molecular flexibility index (Phi) is 4.20. The lowest BCUT2D eigenvalue weighted by Gasteiger charge is -2.35. The van der Waals surface area contributed by atoms with Gasteiger partial charge in [0.1, 0.15) is 6.33 Å². The van der Waals surface area contributed by atoms with Crippen molar-refractivity contribution in [2.75, 3.05) is 13.1 Å². The summed E-state index contributed by atoms with van der Waals surface area (Å²) in [6, 6.07) is 0.577. The predicted molar refractivity (Wildman–Crippen MR) is 81.7 cm³/mol. The van der Waals surface area contributed by atoms with Crippen LogP contribution in [0.2, 0.25) is 0 Å². The molecule has 3 rings (SSSR count). The molecule has 2 aromatic heterocycles. The summed E-state index contributed by atoms with van der Waals surface area (Å²) in [5.41, 5.74) is 2.95. The Bertz CT molecular complexity index is 584. The normalized spacial score (nSPS) is 19.9. The number of hydrogen-bond acceptors (Lipinski definition) is 5. The van der Waals surface area contributed by atoms with Crippen LogP contribution in [0.5, 0.6) is 0 Å². The number of likely N-dealkylation sites (tertiary alicyclic amines) is 1. The van der Waals surface area contributed by atoms with Crippen LogP contribution in [0.25, 0.3) is 11.3 Å². The first-order chi connectivity index (χ1) is 10.3. The van der Waals surface area contributed by atoms with Crippen LogP contribution in [0, 0.1) is 0 Å². The molecule has 5 heteroatoms. The Hall–Kier alpha value is -1.88. The molecule has 3 heterocycles. The van der Waals surface area contributed by atoms with Gasteiger partial charge in [0.05, 0.1) is 11.4 Å². The van der Waals surface area contributed by atoms with Gasteiger partial charge in [0.15, 0.2) is 0 Å². The fourth-order valence-electron chi connectivity index (χ4n) is 2.99. The highest BCUT2D eigenvalue weighted by Crippen LogP contribution is 2.31. The van der Waals surface area contributed by atoms with E-state index < -0.39 is 0 Å². The van der Waals surface area contributed by atoms with Crippen LogP contribution in [0.15, 0.2) is 31.1 Å². The van der Waals surface area contributed by atoms with Gasteiger partial charge in [-0.15, -0.1) is 0 Å². The lowest BCUT2D eigenvalue weighted by molar-refractivity contribution is 0.166. The van der Waals surface area contributed by atoms with Gasteiger partial charge in [0.2, 0.25) is 0 Å². The van der Waals surface area contributed by atoms with Crippen LogP contribution in [-0.2, 0) is 0 Å². The summed E-state index contributed by atoms with van der Waals surface area (Å²) in [5, 5.41) is 0. The molecule has 1 aliphatic rings. The fourth-order valence-corrected chi connectivity index (χ4v) is 2.99. The third kappa shape index (κ3) is 3.08. The highest BCUT2D eigenvalue weighted by atomic mass is 15.2. The van der Waals surface area contributed by atoms with Gasteiger partial charge >= 0.3 is 0 Å². The molecule has 1 atom stereocenters. The minimum Gasteiger partial charge on any atom is -0.300 e. The molecule has 0 amide bonds. The fraction of sp³-hybridized carbons (Fsp3) is 0.500. The molecule has 0 aromatic carbocycles. The minimum atomic E-state index is 0.435. The van der Waals surface area contributed by atoms with E-state index in [1.165, 1.54) is 19.4 Å². The molecule has 5 nitrogen and oxygen atoms in total. The highest BCUT2D eigenvalue weighted by molar-refractivity contribution is 5.59. The Morgan fingerprint density at radius 1 is 1.14 bits per heavy atom. The van der Waals surface area contributed by atoms with E-state index >= 15 is 0 Å². The first kappa shape index (κ1) is 14.1. The van der Waals surface area contributed by atoms with Crippen molar-refractivity contribution >= 4 is 0 Å². The standard InChI is InChI=1S/C16H21N5/c1-12(2)21-7-3-4-13(10-21)15-16(20-6-5-19-15)14-8-17-11-18-9-14/h5-6,8-9,11-13H,3-4,7,10H2,1-2H3. The van der Waals surface area contributed by atoms with Gasteiger partial charge in [-0.05, 0) is 33.2 Å². The Morgan fingerprint density at radius 3 is 2.67 bits per heavy atom. The van der Waals surface area contributed by atoms with E-state index in [0.717, 1.165) is 23.5 Å². The second-order valence-electron chi connectivity index (χ2n) is 5.85. The lowest BCUT2D eigenvalue weighted by atomic mass is 9.91. The first-order valence-electron chi connectivity index (χ1n) is 7.56. The van der Waals surface area contributed by atoms with Crippen LogP contribution in [-0.4, -0.2) is 44.0 Å². The zero-order valence-corrected chi connectivity index (χ0v) is 12.6. The molecule has 0 N–H and O–H groups in total. The molecule has 0 aliphatic carbocycles. The minimum absolute atomic E-state index is 0.435. The van der Waals surface area contributed by atoms with Crippen LogP contribution in [0.3, 0.4) is 0 Å². The summed E-state index contributed by atoms with van der Waals surface area (Å²) >= 11 is 0. The SMILES string of the molecule is CC(C)N1CCCC(c2nccnc2-c2cncnc2)C1. The van der Waals surface area contributed by atoms with Crippen molar-refractivity contribution in [1.29, 1.82) is 0 Å². The Balaban J connectivity index is 1.92. The van der Waals surface area contributed by atoms with E-state index in [4.69, 9.17) is 0 Å². The van der Waals surface area contributed by atoms with Crippen molar-refractivity contribution < 1.29 is 0 Å².